The van der Waals surface area contributed by atoms with Crippen molar-refractivity contribution in [2.75, 3.05) is 4.72 Å². The molecule has 4 aromatic carbocycles. The first-order valence-corrected chi connectivity index (χ1v) is 12.5. The van der Waals surface area contributed by atoms with Crippen LogP contribution in [0.3, 0.4) is 0 Å². The van der Waals surface area contributed by atoms with E-state index >= 15 is 0 Å². The zero-order valence-corrected chi connectivity index (χ0v) is 18.6. The van der Waals surface area contributed by atoms with Gasteiger partial charge in [0.1, 0.15) is 11.3 Å². The van der Waals surface area contributed by atoms with Crippen molar-refractivity contribution in [3.05, 3.63) is 84.1 Å². The van der Waals surface area contributed by atoms with Gasteiger partial charge in [-0.1, -0.05) is 61.5 Å². The summed E-state index contributed by atoms with van der Waals surface area (Å²) >= 11 is 0. The molecule has 1 heterocycles. The second-order valence-electron chi connectivity index (χ2n) is 8.81. The normalized spacial score (nSPS) is 16.5. The molecule has 5 heteroatoms. The van der Waals surface area contributed by atoms with Crippen LogP contribution in [-0.2, 0) is 22.9 Å². The zero-order valence-electron chi connectivity index (χ0n) is 17.8. The van der Waals surface area contributed by atoms with E-state index in [9.17, 15) is 8.42 Å². The number of aryl methyl sites for hydroxylation is 1. The molecule has 0 amide bonds. The molecule has 0 fully saturated rings. The highest BCUT2D eigenvalue weighted by Crippen LogP contribution is 2.40. The van der Waals surface area contributed by atoms with Crippen LogP contribution in [0.15, 0.2) is 82.1 Å². The zero-order chi connectivity index (χ0) is 21.9. The van der Waals surface area contributed by atoms with Crippen LogP contribution in [0.1, 0.15) is 24.7 Å². The van der Waals surface area contributed by atoms with Crippen LogP contribution in [0.5, 0.6) is 0 Å². The van der Waals surface area contributed by atoms with E-state index in [1.54, 1.807) is 12.1 Å². The molecule has 32 heavy (non-hydrogen) atoms. The largest absolute Gasteiger partial charge is 0.460 e. The number of furan rings is 1. The second kappa shape index (κ2) is 7.10. The van der Waals surface area contributed by atoms with E-state index in [2.05, 4.69) is 11.6 Å². The third-order valence-corrected chi connectivity index (χ3v) is 7.94. The van der Waals surface area contributed by atoms with Crippen molar-refractivity contribution in [2.45, 2.75) is 31.1 Å². The average Bonchev–Trinajstić information content (AvgIpc) is 3.16. The molecule has 4 nitrogen and oxygen atoms in total. The lowest BCUT2D eigenvalue weighted by Crippen LogP contribution is -2.13. The van der Waals surface area contributed by atoms with E-state index < -0.39 is 10.0 Å². The van der Waals surface area contributed by atoms with E-state index in [0.29, 0.717) is 11.6 Å². The molecular weight excluding hydrogens is 418 g/mol. The van der Waals surface area contributed by atoms with Crippen LogP contribution in [0.4, 0.5) is 5.69 Å². The Morgan fingerprint density at radius 1 is 0.875 bits per heavy atom. The molecule has 1 unspecified atom stereocenters. The minimum Gasteiger partial charge on any atom is -0.460 e. The summed E-state index contributed by atoms with van der Waals surface area (Å²) in [6.45, 7) is 2.26. The lowest BCUT2D eigenvalue weighted by atomic mass is 9.87. The van der Waals surface area contributed by atoms with E-state index in [1.807, 2.05) is 60.7 Å². The smallest absolute Gasteiger partial charge is 0.261 e. The molecule has 0 spiro atoms. The number of anilines is 1. The van der Waals surface area contributed by atoms with Crippen LogP contribution in [-0.4, -0.2) is 8.42 Å². The van der Waals surface area contributed by atoms with Gasteiger partial charge in [0.2, 0.25) is 0 Å². The van der Waals surface area contributed by atoms with Crippen LogP contribution < -0.4 is 4.72 Å². The Labute approximate surface area is 186 Å². The summed E-state index contributed by atoms with van der Waals surface area (Å²) in [6.07, 6.45) is 3.00. The van der Waals surface area contributed by atoms with Gasteiger partial charge in [0.25, 0.3) is 10.0 Å². The van der Waals surface area contributed by atoms with Gasteiger partial charge in [-0.15, -0.1) is 0 Å². The molecule has 0 saturated heterocycles. The first kappa shape index (κ1) is 19.4. The molecular formula is C27H23NO3S. The number of fused-ring (bicyclic) bond motifs is 6. The molecule has 160 valence electrons. The first-order valence-electron chi connectivity index (χ1n) is 11.0. The number of hydrogen-bond donors (Lipinski definition) is 1. The Morgan fingerprint density at radius 3 is 2.47 bits per heavy atom. The topological polar surface area (TPSA) is 59.3 Å². The summed E-state index contributed by atoms with van der Waals surface area (Å²) in [5.41, 5.74) is 2.66. The summed E-state index contributed by atoms with van der Waals surface area (Å²) in [4.78, 5) is 0.253. The highest BCUT2D eigenvalue weighted by molar-refractivity contribution is 7.92. The molecule has 1 aliphatic carbocycles. The number of hydrogen-bond acceptors (Lipinski definition) is 3. The third kappa shape index (κ3) is 3.07. The Morgan fingerprint density at radius 2 is 1.62 bits per heavy atom. The number of benzene rings is 4. The Balaban J connectivity index is 1.52. The Bertz CT molecular complexity index is 1610. The van der Waals surface area contributed by atoms with Gasteiger partial charge < -0.3 is 4.42 Å². The molecule has 1 aliphatic rings. The summed E-state index contributed by atoms with van der Waals surface area (Å²) in [5.74, 6) is 1.63. The molecule has 0 bridgehead atoms. The van der Waals surface area contributed by atoms with Gasteiger partial charge in [0.15, 0.2) is 0 Å². The predicted molar refractivity (Wildman–Crippen MR) is 130 cm³/mol. The van der Waals surface area contributed by atoms with Crippen molar-refractivity contribution in [1.82, 2.24) is 0 Å². The number of nitrogens with one attached hydrogen (secondary N) is 1. The Kier molecular flexibility index (Phi) is 4.30. The van der Waals surface area contributed by atoms with Crippen molar-refractivity contribution < 1.29 is 12.8 Å². The van der Waals surface area contributed by atoms with Gasteiger partial charge in [0, 0.05) is 28.1 Å². The van der Waals surface area contributed by atoms with Crippen LogP contribution in [0, 0.1) is 5.92 Å². The fourth-order valence-corrected chi connectivity index (χ4v) is 6.00. The first-order chi connectivity index (χ1) is 15.5. The van der Waals surface area contributed by atoms with Crippen molar-refractivity contribution in [3.63, 3.8) is 0 Å². The van der Waals surface area contributed by atoms with Crippen LogP contribution >= 0.6 is 0 Å². The van der Waals surface area contributed by atoms with Gasteiger partial charge in [-0.25, -0.2) is 8.42 Å². The molecule has 5 aromatic rings. The van der Waals surface area contributed by atoms with Gasteiger partial charge in [-0.3, -0.25) is 4.72 Å². The number of rotatable bonds is 3. The van der Waals surface area contributed by atoms with E-state index in [0.717, 1.165) is 57.5 Å². The van der Waals surface area contributed by atoms with E-state index in [1.165, 1.54) is 5.56 Å². The minimum atomic E-state index is -3.76. The predicted octanol–water partition coefficient (Wildman–Crippen LogP) is 6.66. The van der Waals surface area contributed by atoms with Crippen LogP contribution in [0.2, 0.25) is 0 Å². The highest BCUT2D eigenvalue weighted by Gasteiger charge is 2.25. The molecule has 1 atom stereocenters. The van der Waals surface area contributed by atoms with Crippen molar-refractivity contribution in [3.8, 4) is 0 Å². The van der Waals surface area contributed by atoms with E-state index in [4.69, 9.17) is 4.42 Å². The Hall–Kier alpha value is -3.31. The number of sulfonamides is 1. The summed E-state index contributed by atoms with van der Waals surface area (Å²) < 4.78 is 35.9. The SMILES string of the molecule is CC1CCc2oc3c(cc(NS(=O)(=O)c4ccc5ccccc5c4)c4ccccc43)c2C1. The summed E-state index contributed by atoms with van der Waals surface area (Å²) in [5, 5.41) is 4.69. The monoisotopic (exact) mass is 441 g/mol. The summed E-state index contributed by atoms with van der Waals surface area (Å²) in [7, 11) is -3.76. The summed E-state index contributed by atoms with van der Waals surface area (Å²) in [6, 6.07) is 22.8. The fourth-order valence-electron chi connectivity index (χ4n) is 4.89. The highest BCUT2D eigenvalue weighted by atomic mass is 32.2. The maximum absolute atomic E-state index is 13.4. The lowest BCUT2D eigenvalue weighted by Gasteiger charge is -2.17. The lowest BCUT2D eigenvalue weighted by molar-refractivity contribution is 0.439. The van der Waals surface area contributed by atoms with Crippen molar-refractivity contribution >= 4 is 48.2 Å². The standard InChI is InChI=1S/C27H23NO3S/c1-17-10-13-26-23(14-17)24-16-25(21-8-4-5-9-22(21)27(24)31-26)28-32(29,30)20-12-11-18-6-2-3-7-19(18)15-20/h2-9,11-12,15-17,28H,10,13-14H2,1H3. The van der Waals surface area contributed by atoms with Gasteiger partial charge in [-0.05, 0) is 47.7 Å². The maximum atomic E-state index is 13.4. The molecule has 1 aromatic heterocycles. The minimum absolute atomic E-state index is 0.253. The van der Waals surface area contributed by atoms with Gasteiger partial charge >= 0.3 is 0 Å². The average molecular weight is 442 g/mol. The van der Waals surface area contributed by atoms with Crippen molar-refractivity contribution in [2.24, 2.45) is 5.92 Å². The maximum Gasteiger partial charge on any atom is 0.261 e. The van der Waals surface area contributed by atoms with E-state index in [-0.39, 0.29) is 4.90 Å². The third-order valence-electron chi connectivity index (χ3n) is 6.57. The molecule has 0 aliphatic heterocycles. The van der Waals surface area contributed by atoms with Crippen molar-refractivity contribution in [1.29, 1.82) is 0 Å². The fraction of sp³-hybridized carbons (Fsp3) is 0.185. The van der Waals surface area contributed by atoms with Crippen LogP contribution in [0.25, 0.3) is 32.5 Å². The second-order valence-corrected chi connectivity index (χ2v) is 10.5. The quantitative estimate of drug-likeness (QED) is 0.340. The molecule has 1 N–H and O–H groups in total. The molecule has 6 rings (SSSR count). The van der Waals surface area contributed by atoms with Gasteiger partial charge in [-0.2, -0.15) is 0 Å². The molecule has 0 saturated carbocycles. The molecule has 0 radical (unpaired) electrons. The van der Waals surface area contributed by atoms with Gasteiger partial charge in [0.05, 0.1) is 10.6 Å².